The Morgan fingerprint density at radius 1 is 1.33 bits per heavy atom. The van der Waals surface area contributed by atoms with Gasteiger partial charge in [0.1, 0.15) is 0 Å². The van der Waals surface area contributed by atoms with E-state index in [9.17, 15) is 10.1 Å². The first-order valence-electron chi connectivity index (χ1n) is 5.07. The van der Waals surface area contributed by atoms with Crippen LogP contribution in [0.3, 0.4) is 0 Å². The molecule has 5 nitrogen and oxygen atoms in total. The third-order valence-electron chi connectivity index (χ3n) is 2.36. The molecule has 0 amide bonds. The van der Waals surface area contributed by atoms with Crippen molar-refractivity contribution in [3.8, 4) is 17.1 Å². The van der Waals surface area contributed by atoms with E-state index in [1.165, 1.54) is 19.2 Å². The van der Waals surface area contributed by atoms with E-state index in [0.29, 0.717) is 22.2 Å². The van der Waals surface area contributed by atoms with E-state index in [-0.39, 0.29) is 5.69 Å². The predicted molar refractivity (Wildman–Crippen MR) is 67.9 cm³/mol. The van der Waals surface area contributed by atoms with Crippen molar-refractivity contribution in [1.29, 1.82) is 0 Å². The van der Waals surface area contributed by atoms with Crippen LogP contribution in [0.2, 0.25) is 5.02 Å². The van der Waals surface area contributed by atoms with Crippen LogP contribution in [-0.4, -0.2) is 17.0 Å². The number of benzene rings is 1. The van der Waals surface area contributed by atoms with Crippen LogP contribution in [0.15, 0.2) is 36.4 Å². The highest BCUT2D eigenvalue weighted by Crippen LogP contribution is 2.30. The van der Waals surface area contributed by atoms with E-state index >= 15 is 0 Å². The second kappa shape index (κ2) is 5.01. The van der Waals surface area contributed by atoms with Gasteiger partial charge in [-0.3, -0.25) is 10.1 Å². The number of nitro groups is 1. The van der Waals surface area contributed by atoms with Gasteiger partial charge >= 0.3 is 0 Å². The van der Waals surface area contributed by atoms with Gasteiger partial charge in [-0.1, -0.05) is 23.7 Å². The zero-order chi connectivity index (χ0) is 13.1. The molecule has 2 rings (SSSR count). The van der Waals surface area contributed by atoms with Crippen LogP contribution in [0, 0.1) is 10.1 Å². The Labute approximate surface area is 108 Å². The molecule has 0 saturated heterocycles. The van der Waals surface area contributed by atoms with Crippen molar-refractivity contribution in [1.82, 2.24) is 4.98 Å². The second-order valence-electron chi connectivity index (χ2n) is 3.49. The van der Waals surface area contributed by atoms with Gasteiger partial charge in [-0.05, 0) is 6.07 Å². The summed E-state index contributed by atoms with van der Waals surface area (Å²) in [6, 6.07) is 9.40. The fraction of sp³-hybridized carbons (Fsp3) is 0.0833. The van der Waals surface area contributed by atoms with Gasteiger partial charge < -0.3 is 4.74 Å². The standard InChI is InChI=1S/C12H9ClN2O3/c1-18-11-6-5-10(13)12(14-11)8-3-2-4-9(7-8)15(16)17/h2-7H,1H3. The van der Waals surface area contributed by atoms with E-state index < -0.39 is 4.92 Å². The summed E-state index contributed by atoms with van der Waals surface area (Å²) in [7, 11) is 1.49. The van der Waals surface area contributed by atoms with Crippen LogP contribution in [0.25, 0.3) is 11.3 Å². The molecular formula is C12H9ClN2O3. The molecule has 0 unspecified atom stereocenters. The van der Waals surface area contributed by atoms with Crippen molar-refractivity contribution in [2.75, 3.05) is 7.11 Å². The molecule has 1 aromatic carbocycles. The first-order chi connectivity index (χ1) is 8.61. The Hall–Kier alpha value is -2.14. The molecule has 92 valence electrons. The highest BCUT2D eigenvalue weighted by atomic mass is 35.5. The average Bonchev–Trinajstić information content (AvgIpc) is 2.39. The molecule has 0 saturated carbocycles. The zero-order valence-corrected chi connectivity index (χ0v) is 10.2. The summed E-state index contributed by atoms with van der Waals surface area (Å²) in [6.07, 6.45) is 0. The molecule has 0 N–H and O–H groups in total. The number of hydrogen-bond acceptors (Lipinski definition) is 4. The molecule has 0 aliphatic heterocycles. The highest BCUT2D eigenvalue weighted by molar-refractivity contribution is 6.33. The number of rotatable bonds is 3. The quantitative estimate of drug-likeness (QED) is 0.630. The number of hydrogen-bond donors (Lipinski definition) is 0. The summed E-state index contributed by atoms with van der Waals surface area (Å²) in [6.45, 7) is 0. The lowest BCUT2D eigenvalue weighted by molar-refractivity contribution is -0.384. The molecule has 0 aliphatic carbocycles. The lowest BCUT2D eigenvalue weighted by atomic mass is 10.1. The molecule has 1 heterocycles. The Morgan fingerprint density at radius 2 is 2.11 bits per heavy atom. The molecule has 0 aliphatic rings. The van der Waals surface area contributed by atoms with Gasteiger partial charge in [0.15, 0.2) is 0 Å². The van der Waals surface area contributed by atoms with E-state index in [1.54, 1.807) is 24.3 Å². The van der Waals surface area contributed by atoms with E-state index in [2.05, 4.69) is 4.98 Å². The second-order valence-corrected chi connectivity index (χ2v) is 3.90. The van der Waals surface area contributed by atoms with Gasteiger partial charge in [0.25, 0.3) is 5.69 Å². The van der Waals surface area contributed by atoms with Crippen molar-refractivity contribution >= 4 is 17.3 Å². The van der Waals surface area contributed by atoms with Crippen LogP contribution in [0.5, 0.6) is 5.88 Å². The molecule has 0 radical (unpaired) electrons. The van der Waals surface area contributed by atoms with Gasteiger partial charge in [-0.25, -0.2) is 4.98 Å². The third-order valence-corrected chi connectivity index (χ3v) is 2.66. The lowest BCUT2D eigenvalue weighted by Crippen LogP contribution is -1.92. The van der Waals surface area contributed by atoms with Crippen LogP contribution in [0.1, 0.15) is 0 Å². The predicted octanol–water partition coefficient (Wildman–Crippen LogP) is 3.32. The van der Waals surface area contributed by atoms with Crippen LogP contribution in [0.4, 0.5) is 5.69 Å². The van der Waals surface area contributed by atoms with Gasteiger partial charge in [0.05, 0.1) is 22.7 Å². The number of pyridine rings is 1. The fourth-order valence-corrected chi connectivity index (χ4v) is 1.72. The number of non-ortho nitro benzene ring substituents is 1. The van der Waals surface area contributed by atoms with Crippen molar-refractivity contribution < 1.29 is 9.66 Å². The van der Waals surface area contributed by atoms with E-state index in [0.717, 1.165) is 0 Å². The summed E-state index contributed by atoms with van der Waals surface area (Å²) in [4.78, 5) is 14.4. The summed E-state index contributed by atoms with van der Waals surface area (Å²) < 4.78 is 5.01. The van der Waals surface area contributed by atoms with Crippen molar-refractivity contribution in [2.24, 2.45) is 0 Å². The highest BCUT2D eigenvalue weighted by Gasteiger charge is 2.11. The average molecular weight is 265 g/mol. The maximum atomic E-state index is 10.7. The molecule has 0 atom stereocenters. The number of methoxy groups -OCH3 is 1. The smallest absolute Gasteiger partial charge is 0.270 e. The molecule has 0 fully saturated rings. The maximum absolute atomic E-state index is 10.7. The molecule has 6 heteroatoms. The largest absolute Gasteiger partial charge is 0.481 e. The van der Waals surface area contributed by atoms with E-state index in [4.69, 9.17) is 16.3 Å². The maximum Gasteiger partial charge on any atom is 0.270 e. The number of ether oxygens (including phenoxy) is 1. The Balaban J connectivity index is 2.54. The van der Waals surface area contributed by atoms with Gasteiger partial charge in [0.2, 0.25) is 5.88 Å². The summed E-state index contributed by atoms with van der Waals surface area (Å²) >= 11 is 6.03. The van der Waals surface area contributed by atoms with Crippen molar-refractivity contribution in [3.05, 3.63) is 51.5 Å². The minimum Gasteiger partial charge on any atom is -0.481 e. The molecule has 1 aromatic heterocycles. The lowest BCUT2D eigenvalue weighted by Gasteiger charge is -2.05. The van der Waals surface area contributed by atoms with Gasteiger partial charge in [-0.2, -0.15) is 0 Å². The van der Waals surface area contributed by atoms with E-state index in [1.807, 2.05) is 0 Å². The zero-order valence-electron chi connectivity index (χ0n) is 9.46. The first-order valence-corrected chi connectivity index (χ1v) is 5.45. The van der Waals surface area contributed by atoms with Gasteiger partial charge in [-0.15, -0.1) is 0 Å². The molecule has 0 bridgehead atoms. The molecular weight excluding hydrogens is 256 g/mol. The van der Waals surface area contributed by atoms with Crippen LogP contribution < -0.4 is 4.74 Å². The minimum atomic E-state index is -0.461. The number of nitrogens with zero attached hydrogens (tertiary/aromatic N) is 2. The Bertz CT molecular complexity index is 602. The fourth-order valence-electron chi connectivity index (χ4n) is 1.51. The SMILES string of the molecule is COc1ccc(Cl)c(-c2cccc([N+](=O)[O-])c2)n1. The molecule has 2 aromatic rings. The minimum absolute atomic E-state index is 0.00631. The summed E-state index contributed by atoms with van der Waals surface area (Å²) in [5.41, 5.74) is 1.03. The molecule has 0 spiro atoms. The Kier molecular flexibility index (Phi) is 3.43. The van der Waals surface area contributed by atoms with Crippen LogP contribution >= 0.6 is 11.6 Å². The normalized spacial score (nSPS) is 10.1. The summed E-state index contributed by atoms with van der Waals surface area (Å²) in [5, 5.41) is 11.1. The number of halogens is 1. The summed E-state index contributed by atoms with van der Waals surface area (Å²) in [5.74, 6) is 0.404. The Morgan fingerprint density at radius 3 is 2.78 bits per heavy atom. The first kappa shape index (κ1) is 12.3. The number of aromatic nitrogens is 1. The third kappa shape index (κ3) is 2.41. The monoisotopic (exact) mass is 264 g/mol. The van der Waals surface area contributed by atoms with Crippen LogP contribution in [-0.2, 0) is 0 Å². The van der Waals surface area contributed by atoms with Crippen molar-refractivity contribution in [3.63, 3.8) is 0 Å². The van der Waals surface area contributed by atoms with Crippen molar-refractivity contribution in [2.45, 2.75) is 0 Å². The molecule has 18 heavy (non-hydrogen) atoms. The number of nitro benzene ring substituents is 1. The van der Waals surface area contributed by atoms with Gasteiger partial charge in [0, 0.05) is 23.8 Å². The topological polar surface area (TPSA) is 65.3 Å².